The Hall–Kier alpha value is -1.96. The highest BCUT2D eigenvalue weighted by Gasteiger charge is 2.32. The zero-order valence-electron chi connectivity index (χ0n) is 19.2. The van der Waals surface area contributed by atoms with E-state index in [4.69, 9.17) is 21.1 Å². The first kappa shape index (κ1) is 23.2. The molecule has 174 valence electrons. The highest BCUT2D eigenvalue weighted by atomic mass is 35.5. The van der Waals surface area contributed by atoms with Gasteiger partial charge in [0, 0.05) is 43.1 Å². The summed E-state index contributed by atoms with van der Waals surface area (Å²) >= 11 is 6.49. The molecule has 0 radical (unpaired) electrons. The molecule has 3 heterocycles. The Morgan fingerprint density at radius 3 is 2.94 bits per heavy atom. The Bertz CT molecular complexity index is 959. The second-order valence-corrected chi connectivity index (χ2v) is 10.2. The van der Waals surface area contributed by atoms with Gasteiger partial charge in [-0.2, -0.15) is 5.10 Å². The molecule has 1 saturated carbocycles. The number of rotatable bonds is 8. The van der Waals surface area contributed by atoms with E-state index in [0.29, 0.717) is 36.4 Å². The van der Waals surface area contributed by atoms with E-state index in [1.807, 2.05) is 12.3 Å². The molecule has 0 bridgehead atoms. The molecule has 2 atom stereocenters. The number of ether oxygens (including phenoxy) is 2. The number of halogens is 1. The van der Waals surface area contributed by atoms with Gasteiger partial charge in [0.1, 0.15) is 5.82 Å². The predicted octanol–water partition coefficient (Wildman–Crippen LogP) is 4.73. The standard InChI is InChI=1S/C24H33ClN4O3/c1-24(2)12-21-19(13-27-29(21)15-24)18-11-22(26-14-20(18)25)28-23(30)10-16-5-4-6-17(9-16)32-8-7-31-3/h11,13-14,16-17H,4-10,12,15H2,1-3H3,(H,26,28,30)/t16-,17+/m0/s1. The summed E-state index contributed by atoms with van der Waals surface area (Å²) in [7, 11) is 1.68. The number of amides is 1. The summed E-state index contributed by atoms with van der Waals surface area (Å²) in [6.45, 7) is 6.58. The molecule has 1 amide bonds. The summed E-state index contributed by atoms with van der Waals surface area (Å²) in [6, 6.07) is 1.86. The molecule has 7 nitrogen and oxygen atoms in total. The SMILES string of the molecule is COCCO[C@@H]1CCC[C@H](CC(=O)Nc2cc(-c3cnn4c3CC(C)(C)C4)c(Cl)cn2)C1. The number of hydrogen-bond acceptors (Lipinski definition) is 5. The number of fused-ring (bicyclic) bond motifs is 1. The zero-order chi connectivity index (χ0) is 22.7. The van der Waals surface area contributed by atoms with Crippen LogP contribution in [-0.2, 0) is 27.2 Å². The first-order valence-corrected chi connectivity index (χ1v) is 11.8. The van der Waals surface area contributed by atoms with Crippen LogP contribution in [-0.4, -0.2) is 47.1 Å². The number of anilines is 1. The van der Waals surface area contributed by atoms with E-state index in [9.17, 15) is 4.79 Å². The average molecular weight is 461 g/mol. The van der Waals surface area contributed by atoms with Gasteiger partial charge in [0.2, 0.25) is 5.91 Å². The van der Waals surface area contributed by atoms with Gasteiger partial charge >= 0.3 is 0 Å². The summed E-state index contributed by atoms with van der Waals surface area (Å²) in [6.07, 6.45) is 9.20. The van der Waals surface area contributed by atoms with Crippen molar-refractivity contribution in [1.82, 2.24) is 14.8 Å². The summed E-state index contributed by atoms with van der Waals surface area (Å²) in [5, 5.41) is 8.08. The molecule has 2 aliphatic rings. The normalized spacial score (nSPS) is 22.0. The van der Waals surface area contributed by atoms with Gasteiger partial charge in [-0.05, 0) is 43.1 Å². The maximum absolute atomic E-state index is 12.7. The van der Waals surface area contributed by atoms with Crippen molar-refractivity contribution in [2.75, 3.05) is 25.6 Å². The quantitative estimate of drug-likeness (QED) is 0.576. The molecule has 0 spiro atoms. The maximum atomic E-state index is 12.7. The largest absolute Gasteiger partial charge is 0.382 e. The molecule has 1 aliphatic carbocycles. The molecule has 0 unspecified atom stereocenters. The third-order valence-electron chi connectivity index (χ3n) is 6.44. The predicted molar refractivity (Wildman–Crippen MR) is 125 cm³/mol. The van der Waals surface area contributed by atoms with Crippen LogP contribution in [0.3, 0.4) is 0 Å². The lowest BCUT2D eigenvalue weighted by Gasteiger charge is -2.28. The third-order valence-corrected chi connectivity index (χ3v) is 6.74. The second kappa shape index (κ2) is 9.89. The van der Waals surface area contributed by atoms with Crippen LogP contribution in [0.1, 0.15) is 51.6 Å². The van der Waals surface area contributed by atoms with Gasteiger partial charge < -0.3 is 14.8 Å². The molecule has 4 rings (SSSR count). The van der Waals surface area contributed by atoms with Gasteiger partial charge in [0.25, 0.3) is 0 Å². The van der Waals surface area contributed by atoms with E-state index < -0.39 is 0 Å². The number of carbonyl (C=O) groups is 1. The molecule has 1 fully saturated rings. The number of pyridine rings is 1. The van der Waals surface area contributed by atoms with Crippen molar-refractivity contribution in [3.63, 3.8) is 0 Å². The first-order valence-electron chi connectivity index (χ1n) is 11.5. The molecule has 0 saturated heterocycles. The minimum atomic E-state index is -0.0188. The number of methoxy groups -OCH3 is 1. The Balaban J connectivity index is 1.39. The first-order chi connectivity index (χ1) is 15.3. The number of carbonyl (C=O) groups excluding carboxylic acids is 1. The molecule has 1 aliphatic heterocycles. The van der Waals surface area contributed by atoms with E-state index in [-0.39, 0.29) is 17.4 Å². The summed E-state index contributed by atoms with van der Waals surface area (Å²) in [4.78, 5) is 17.1. The van der Waals surface area contributed by atoms with E-state index in [1.54, 1.807) is 13.3 Å². The molecule has 32 heavy (non-hydrogen) atoms. The Kier molecular flexibility index (Phi) is 7.17. The molecule has 1 N–H and O–H groups in total. The topological polar surface area (TPSA) is 78.3 Å². The zero-order valence-corrected chi connectivity index (χ0v) is 20.0. The smallest absolute Gasteiger partial charge is 0.225 e. The fraction of sp³-hybridized carbons (Fsp3) is 0.625. The summed E-state index contributed by atoms with van der Waals surface area (Å²) in [5.41, 5.74) is 3.24. The Morgan fingerprint density at radius 1 is 1.28 bits per heavy atom. The van der Waals surface area contributed by atoms with Crippen molar-refractivity contribution >= 4 is 23.3 Å². The lowest BCUT2D eigenvalue weighted by Crippen LogP contribution is -2.27. The van der Waals surface area contributed by atoms with Crippen molar-refractivity contribution in [1.29, 1.82) is 0 Å². The van der Waals surface area contributed by atoms with Gasteiger partial charge in [-0.3, -0.25) is 9.48 Å². The van der Waals surface area contributed by atoms with Gasteiger partial charge in [0.05, 0.1) is 30.5 Å². The monoisotopic (exact) mass is 460 g/mol. The van der Waals surface area contributed by atoms with Gasteiger partial charge in [-0.1, -0.05) is 31.9 Å². The van der Waals surface area contributed by atoms with Crippen LogP contribution < -0.4 is 5.32 Å². The lowest BCUT2D eigenvalue weighted by molar-refractivity contribution is -0.117. The van der Waals surface area contributed by atoms with Crippen LogP contribution in [0.4, 0.5) is 5.82 Å². The Labute approximate surface area is 194 Å². The van der Waals surface area contributed by atoms with Crippen LogP contribution in [0.15, 0.2) is 18.5 Å². The van der Waals surface area contributed by atoms with Gasteiger partial charge in [-0.25, -0.2) is 4.98 Å². The highest BCUT2D eigenvalue weighted by Crippen LogP contribution is 2.39. The fourth-order valence-electron chi connectivity index (χ4n) is 4.92. The van der Waals surface area contributed by atoms with Crippen LogP contribution in [0.5, 0.6) is 0 Å². The van der Waals surface area contributed by atoms with Crippen LogP contribution in [0.2, 0.25) is 5.02 Å². The highest BCUT2D eigenvalue weighted by molar-refractivity contribution is 6.33. The van der Waals surface area contributed by atoms with Crippen molar-refractivity contribution in [3.8, 4) is 11.1 Å². The van der Waals surface area contributed by atoms with Crippen molar-refractivity contribution in [3.05, 3.63) is 29.2 Å². The fourth-order valence-corrected chi connectivity index (χ4v) is 5.12. The molecular formula is C24H33ClN4O3. The van der Waals surface area contributed by atoms with Crippen LogP contribution in [0, 0.1) is 11.3 Å². The summed E-state index contributed by atoms with van der Waals surface area (Å²) < 4.78 is 13.0. The minimum absolute atomic E-state index is 0.0188. The van der Waals surface area contributed by atoms with E-state index in [0.717, 1.165) is 49.8 Å². The number of aromatic nitrogens is 3. The van der Waals surface area contributed by atoms with E-state index >= 15 is 0 Å². The molecular weight excluding hydrogens is 428 g/mol. The van der Waals surface area contributed by atoms with E-state index in [2.05, 4.69) is 33.9 Å². The molecule has 2 aromatic rings. The average Bonchev–Trinajstić information content (AvgIpc) is 3.25. The number of nitrogens with zero attached hydrogens (tertiary/aromatic N) is 3. The van der Waals surface area contributed by atoms with Crippen molar-refractivity contribution in [2.45, 2.75) is 65.0 Å². The van der Waals surface area contributed by atoms with Crippen molar-refractivity contribution in [2.24, 2.45) is 11.3 Å². The number of nitrogens with one attached hydrogen (secondary N) is 1. The third kappa shape index (κ3) is 5.50. The lowest BCUT2D eigenvalue weighted by atomic mass is 9.85. The second-order valence-electron chi connectivity index (χ2n) is 9.82. The van der Waals surface area contributed by atoms with Crippen LogP contribution in [0.25, 0.3) is 11.1 Å². The maximum Gasteiger partial charge on any atom is 0.225 e. The molecule has 8 heteroatoms. The van der Waals surface area contributed by atoms with Gasteiger partial charge in [0.15, 0.2) is 0 Å². The van der Waals surface area contributed by atoms with E-state index in [1.165, 1.54) is 5.69 Å². The molecule has 0 aromatic carbocycles. The van der Waals surface area contributed by atoms with Crippen LogP contribution >= 0.6 is 11.6 Å². The Morgan fingerprint density at radius 2 is 2.12 bits per heavy atom. The number of hydrogen-bond donors (Lipinski definition) is 1. The summed E-state index contributed by atoms with van der Waals surface area (Å²) in [5.74, 6) is 0.828. The minimum Gasteiger partial charge on any atom is -0.382 e. The van der Waals surface area contributed by atoms with Gasteiger partial charge in [-0.15, -0.1) is 0 Å². The molecule has 2 aromatic heterocycles. The van der Waals surface area contributed by atoms with Crippen molar-refractivity contribution < 1.29 is 14.3 Å².